The Morgan fingerprint density at radius 2 is 2.00 bits per heavy atom. The highest BCUT2D eigenvalue weighted by molar-refractivity contribution is 7.12. The molecule has 27 heavy (non-hydrogen) atoms. The summed E-state index contributed by atoms with van der Waals surface area (Å²) in [6.07, 6.45) is 0. The van der Waals surface area contributed by atoms with Gasteiger partial charge in [-0.1, -0.05) is 35.5 Å². The molecular formula is C20H15N3O3S. The summed E-state index contributed by atoms with van der Waals surface area (Å²) < 4.78 is 10.7. The molecule has 6 nitrogen and oxygen atoms in total. The smallest absolute Gasteiger partial charge is 0.265 e. The van der Waals surface area contributed by atoms with Gasteiger partial charge >= 0.3 is 0 Å². The van der Waals surface area contributed by atoms with Crippen molar-refractivity contribution in [3.8, 4) is 28.6 Å². The number of hydrogen-bond donors (Lipinski definition) is 1. The van der Waals surface area contributed by atoms with Crippen LogP contribution >= 0.6 is 11.3 Å². The fraction of sp³-hybridized carbons (Fsp3) is 0.0500. The zero-order valence-corrected chi connectivity index (χ0v) is 15.2. The van der Waals surface area contributed by atoms with Crippen LogP contribution in [0.5, 0.6) is 5.75 Å². The van der Waals surface area contributed by atoms with Crippen molar-refractivity contribution in [2.24, 2.45) is 0 Å². The summed E-state index contributed by atoms with van der Waals surface area (Å²) >= 11 is 1.39. The van der Waals surface area contributed by atoms with Crippen LogP contribution in [0.2, 0.25) is 0 Å². The van der Waals surface area contributed by atoms with Crippen LogP contribution in [0.4, 0.5) is 5.69 Å². The molecule has 0 saturated carbocycles. The number of anilines is 1. The lowest BCUT2D eigenvalue weighted by Crippen LogP contribution is -2.09. The third-order valence-corrected chi connectivity index (χ3v) is 4.76. The Balaban J connectivity index is 1.59. The highest BCUT2D eigenvalue weighted by Crippen LogP contribution is 2.30. The van der Waals surface area contributed by atoms with Crippen LogP contribution in [0, 0.1) is 0 Å². The second kappa shape index (κ2) is 7.43. The minimum atomic E-state index is -0.148. The number of rotatable bonds is 5. The Bertz CT molecular complexity index is 1070. The van der Waals surface area contributed by atoms with Gasteiger partial charge in [-0.05, 0) is 35.7 Å². The molecule has 134 valence electrons. The van der Waals surface area contributed by atoms with E-state index in [1.54, 1.807) is 13.2 Å². The first-order valence-corrected chi connectivity index (χ1v) is 9.05. The number of nitrogens with one attached hydrogen (secondary N) is 1. The van der Waals surface area contributed by atoms with Crippen LogP contribution in [0.3, 0.4) is 0 Å². The summed E-state index contributed by atoms with van der Waals surface area (Å²) in [5.41, 5.74) is 2.12. The lowest BCUT2D eigenvalue weighted by atomic mass is 10.2. The van der Waals surface area contributed by atoms with Gasteiger partial charge in [0, 0.05) is 11.3 Å². The van der Waals surface area contributed by atoms with Crippen molar-refractivity contribution < 1.29 is 14.1 Å². The molecule has 2 aromatic heterocycles. The summed E-state index contributed by atoms with van der Waals surface area (Å²) in [4.78, 5) is 17.3. The summed E-state index contributed by atoms with van der Waals surface area (Å²) in [6, 6.07) is 18.4. The molecule has 1 N–H and O–H groups in total. The van der Waals surface area contributed by atoms with E-state index in [0.717, 1.165) is 11.1 Å². The van der Waals surface area contributed by atoms with E-state index in [1.165, 1.54) is 11.3 Å². The second-order valence-corrected chi connectivity index (χ2v) is 6.58. The van der Waals surface area contributed by atoms with Crippen LogP contribution in [0.15, 0.2) is 70.6 Å². The number of amides is 1. The Morgan fingerprint density at radius 3 is 2.81 bits per heavy atom. The predicted molar refractivity (Wildman–Crippen MR) is 104 cm³/mol. The van der Waals surface area contributed by atoms with Crippen LogP contribution in [0.1, 0.15) is 9.67 Å². The first kappa shape index (κ1) is 17.0. The van der Waals surface area contributed by atoms with E-state index in [9.17, 15) is 4.79 Å². The molecule has 0 bridgehead atoms. The van der Waals surface area contributed by atoms with E-state index < -0.39 is 0 Å². The largest absolute Gasteiger partial charge is 0.496 e. The average molecular weight is 377 g/mol. The highest BCUT2D eigenvalue weighted by Gasteiger charge is 2.15. The van der Waals surface area contributed by atoms with Crippen LogP contribution < -0.4 is 10.1 Å². The Kier molecular flexibility index (Phi) is 4.67. The lowest BCUT2D eigenvalue weighted by molar-refractivity contribution is 0.103. The van der Waals surface area contributed by atoms with E-state index in [2.05, 4.69) is 15.5 Å². The third-order valence-electron chi connectivity index (χ3n) is 3.89. The summed E-state index contributed by atoms with van der Waals surface area (Å²) in [5, 5.41) is 8.80. The van der Waals surface area contributed by atoms with Crippen LogP contribution in [0.25, 0.3) is 22.8 Å². The zero-order valence-electron chi connectivity index (χ0n) is 14.4. The lowest BCUT2D eigenvalue weighted by Gasteiger charge is -2.04. The number of para-hydroxylation sites is 1. The summed E-state index contributed by atoms with van der Waals surface area (Å²) in [6.45, 7) is 0. The SMILES string of the molecule is COc1ccccc1-c1nc(-c2cccc(NC(=O)c3cccs3)c2)no1. The van der Waals surface area contributed by atoms with Crippen molar-refractivity contribution in [2.75, 3.05) is 12.4 Å². The van der Waals surface area contributed by atoms with Gasteiger partial charge in [-0.25, -0.2) is 0 Å². The third kappa shape index (κ3) is 3.58. The monoisotopic (exact) mass is 377 g/mol. The molecule has 0 saturated heterocycles. The maximum Gasteiger partial charge on any atom is 0.265 e. The van der Waals surface area contributed by atoms with Gasteiger partial charge in [0.05, 0.1) is 17.6 Å². The molecule has 0 spiro atoms. The van der Waals surface area contributed by atoms with E-state index in [-0.39, 0.29) is 5.91 Å². The van der Waals surface area contributed by atoms with Crippen molar-refractivity contribution in [1.29, 1.82) is 0 Å². The molecular weight excluding hydrogens is 362 g/mol. The topological polar surface area (TPSA) is 77.2 Å². The molecule has 7 heteroatoms. The fourth-order valence-electron chi connectivity index (χ4n) is 2.61. The van der Waals surface area contributed by atoms with Crippen molar-refractivity contribution >= 4 is 22.9 Å². The van der Waals surface area contributed by atoms with Gasteiger partial charge in [0.25, 0.3) is 11.8 Å². The minimum Gasteiger partial charge on any atom is -0.496 e. The van der Waals surface area contributed by atoms with E-state index in [0.29, 0.717) is 28.0 Å². The molecule has 0 aliphatic rings. The van der Waals surface area contributed by atoms with E-state index >= 15 is 0 Å². The Hall–Kier alpha value is -3.45. The molecule has 0 aliphatic heterocycles. The van der Waals surface area contributed by atoms with Gasteiger partial charge in [0.2, 0.25) is 5.82 Å². The quantitative estimate of drug-likeness (QED) is 0.544. The van der Waals surface area contributed by atoms with Crippen molar-refractivity contribution in [3.05, 3.63) is 70.9 Å². The molecule has 0 aliphatic carbocycles. The molecule has 1 amide bonds. The standard InChI is InChI=1S/C20H15N3O3S/c1-25-16-9-3-2-8-15(16)20-22-18(23-26-20)13-6-4-7-14(12-13)21-19(24)17-10-5-11-27-17/h2-12H,1H3,(H,21,24). The highest BCUT2D eigenvalue weighted by atomic mass is 32.1. The van der Waals surface area contributed by atoms with Crippen LogP contribution in [-0.4, -0.2) is 23.2 Å². The Labute approximate surface area is 159 Å². The Morgan fingerprint density at radius 1 is 1.11 bits per heavy atom. The first-order valence-electron chi connectivity index (χ1n) is 8.17. The average Bonchev–Trinajstić information content (AvgIpc) is 3.40. The first-order chi connectivity index (χ1) is 13.2. The summed E-state index contributed by atoms with van der Waals surface area (Å²) in [7, 11) is 1.59. The fourth-order valence-corrected chi connectivity index (χ4v) is 3.23. The number of benzene rings is 2. The van der Waals surface area contributed by atoms with Gasteiger partial charge in [-0.15, -0.1) is 11.3 Å². The molecule has 2 heterocycles. The van der Waals surface area contributed by atoms with Crippen molar-refractivity contribution in [1.82, 2.24) is 10.1 Å². The zero-order chi connectivity index (χ0) is 18.6. The molecule has 0 unspecified atom stereocenters. The normalized spacial score (nSPS) is 10.6. The number of thiophene rings is 1. The second-order valence-electron chi connectivity index (χ2n) is 5.64. The number of carbonyl (C=O) groups excluding carboxylic acids is 1. The van der Waals surface area contributed by atoms with Gasteiger partial charge in [-0.3, -0.25) is 4.79 Å². The molecule has 2 aromatic carbocycles. The van der Waals surface area contributed by atoms with Crippen molar-refractivity contribution in [2.45, 2.75) is 0 Å². The minimum absolute atomic E-state index is 0.148. The molecule has 0 fully saturated rings. The number of aromatic nitrogens is 2. The number of carbonyl (C=O) groups is 1. The molecule has 0 atom stereocenters. The molecule has 4 aromatic rings. The van der Waals surface area contributed by atoms with E-state index in [1.807, 2.05) is 60.0 Å². The van der Waals surface area contributed by atoms with Gasteiger partial charge in [-0.2, -0.15) is 4.98 Å². The van der Waals surface area contributed by atoms with Gasteiger partial charge in [0.15, 0.2) is 0 Å². The number of methoxy groups -OCH3 is 1. The number of hydrogen-bond acceptors (Lipinski definition) is 6. The predicted octanol–water partition coefficient (Wildman–Crippen LogP) is 4.73. The molecule has 4 rings (SSSR count). The molecule has 0 radical (unpaired) electrons. The maximum absolute atomic E-state index is 12.2. The number of ether oxygens (including phenoxy) is 1. The van der Waals surface area contributed by atoms with Gasteiger partial charge < -0.3 is 14.6 Å². The van der Waals surface area contributed by atoms with E-state index in [4.69, 9.17) is 9.26 Å². The van der Waals surface area contributed by atoms with Gasteiger partial charge in [0.1, 0.15) is 5.75 Å². The summed E-state index contributed by atoms with van der Waals surface area (Å²) in [5.74, 6) is 1.31. The van der Waals surface area contributed by atoms with Crippen molar-refractivity contribution in [3.63, 3.8) is 0 Å². The number of nitrogens with zero attached hydrogens (tertiary/aromatic N) is 2. The van der Waals surface area contributed by atoms with Crippen LogP contribution in [-0.2, 0) is 0 Å². The maximum atomic E-state index is 12.2.